The van der Waals surface area contributed by atoms with E-state index in [4.69, 9.17) is 5.11 Å². The van der Waals surface area contributed by atoms with Crippen LogP contribution in [0.4, 0.5) is 0 Å². The number of para-hydroxylation sites is 1. The van der Waals surface area contributed by atoms with Crippen molar-refractivity contribution in [3.8, 4) is 0 Å². The molecule has 6 heteroatoms. The van der Waals surface area contributed by atoms with Crippen molar-refractivity contribution >= 4 is 22.8 Å². The highest BCUT2D eigenvalue weighted by molar-refractivity contribution is 6.06. The molecule has 1 atom stereocenters. The van der Waals surface area contributed by atoms with E-state index >= 15 is 0 Å². The maximum Gasteiger partial charge on any atom is 0.326 e. The van der Waals surface area contributed by atoms with Crippen molar-refractivity contribution in [1.82, 2.24) is 10.3 Å². The highest BCUT2D eigenvalue weighted by Crippen LogP contribution is 2.14. The Bertz CT molecular complexity index is 720. The zero-order valence-electron chi connectivity index (χ0n) is 10.8. The van der Waals surface area contributed by atoms with Gasteiger partial charge in [0.25, 0.3) is 5.91 Å². The molecular weight excluding hydrogens is 260 g/mol. The van der Waals surface area contributed by atoms with Crippen LogP contribution in [0.2, 0.25) is 0 Å². The van der Waals surface area contributed by atoms with Gasteiger partial charge in [-0.1, -0.05) is 25.1 Å². The lowest BCUT2D eigenvalue weighted by molar-refractivity contribution is -0.139. The van der Waals surface area contributed by atoms with Crippen LogP contribution in [0.25, 0.3) is 10.9 Å². The molecule has 0 aliphatic carbocycles. The van der Waals surface area contributed by atoms with Crippen LogP contribution in [0.1, 0.15) is 23.7 Å². The van der Waals surface area contributed by atoms with E-state index in [1.54, 1.807) is 31.2 Å². The molecule has 0 unspecified atom stereocenters. The van der Waals surface area contributed by atoms with Crippen molar-refractivity contribution in [2.75, 3.05) is 0 Å². The summed E-state index contributed by atoms with van der Waals surface area (Å²) in [5.74, 6) is -1.67. The summed E-state index contributed by atoms with van der Waals surface area (Å²) in [5.41, 5.74) is 0.301. The lowest BCUT2D eigenvalue weighted by Crippen LogP contribution is -2.40. The monoisotopic (exact) mass is 274 g/mol. The van der Waals surface area contributed by atoms with E-state index < -0.39 is 23.5 Å². The molecule has 0 aliphatic rings. The molecule has 0 saturated heterocycles. The summed E-state index contributed by atoms with van der Waals surface area (Å²) in [7, 11) is 0. The van der Waals surface area contributed by atoms with Gasteiger partial charge in [0, 0.05) is 17.0 Å². The molecule has 20 heavy (non-hydrogen) atoms. The fraction of sp³-hybridized carbons (Fsp3) is 0.214. The Labute approximate surface area is 114 Å². The third kappa shape index (κ3) is 2.69. The van der Waals surface area contributed by atoms with Crippen LogP contribution in [-0.2, 0) is 4.79 Å². The fourth-order valence-corrected chi connectivity index (χ4v) is 1.97. The molecular formula is C14H14N2O4. The summed E-state index contributed by atoms with van der Waals surface area (Å²) >= 11 is 0. The molecule has 2 rings (SSSR count). The Kier molecular flexibility index (Phi) is 3.84. The van der Waals surface area contributed by atoms with Crippen molar-refractivity contribution in [2.24, 2.45) is 0 Å². The Morgan fingerprint density at radius 1 is 1.35 bits per heavy atom. The zero-order chi connectivity index (χ0) is 14.7. The smallest absolute Gasteiger partial charge is 0.326 e. The molecule has 2 aromatic rings. The van der Waals surface area contributed by atoms with Gasteiger partial charge in [0.05, 0.1) is 5.56 Å². The molecule has 0 saturated carbocycles. The summed E-state index contributed by atoms with van der Waals surface area (Å²) in [6.07, 6.45) is 0.266. The second-order valence-electron chi connectivity index (χ2n) is 4.37. The van der Waals surface area contributed by atoms with Crippen molar-refractivity contribution in [3.63, 3.8) is 0 Å². The molecule has 0 fully saturated rings. The average Bonchev–Trinajstić information content (AvgIpc) is 2.43. The van der Waals surface area contributed by atoms with Crippen molar-refractivity contribution in [1.29, 1.82) is 0 Å². The number of H-pyrrole nitrogens is 1. The Morgan fingerprint density at radius 2 is 2.05 bits per heavy atom. The van der Waals surface area contributed by atoms with E-state index in [9.17, 15) is 14.4 Å². The minimum absolute atomic E-state index is 0.170. The molecule has 0 radical (unpaired) electrons. The number of nitrogens with one attached hydrogen (secondary N) is 2. The number of aliphatic carboxylic acids is 1. The molecule has 1 amide bonds. The fourth-order valence-electron chi connectivity index (χ4n) is 1.97. The minimum Gasteiger partial charge on any atom is -0.480 e. The standard InChI is InChI=1S/C14H14N2O4/c1-2-10(14(19)20)16-13(18)9-7-12(17)15-11-6-4-3-5-8(9)11/h3-7,10H,2H2,1H3,(H,15,17)(H,16,18)(H,19,20)/t10-/m1/s1. The second-order valence-corrected chi connectivity index (χ2v) is 4.37. The highest BCUT2D eigenvalue weighted by atomic mass is 16.4. The number of pyridine rings is 1. The maximum atomic E-state index is 12.2. The Balaban J connectivity index is 2.44. The number of fused-ring (bicyclic) bond motifs is 1. The van der Waals surface area contributed by atoms with Gasteiger partial charge in [-0.3, -0.25) is 9.59 Å². The van der Waals surface area contributed by atoms with Crippen LogP contribution in [0, 0.1) is 0 Å². The topological polar surface area (TPSA) is 99.3 Å². The molecule has 104 valence electrons. The number of carbonyl (C=O) groups excluding carboxylic acids is 1. The molecule has 3 N–H and O–H groups in total. The van der Waals surface area contributed by atoms with Crippen LogP contribution in [0.3, 0.4) is 0 Å². The van der Waals surface area contributed by atoms with Gasteiger partial charge in [0.15, 0.2) is 0 Å². The van der Waals surface area contributed by atoms with Gasteiger partial charge in [-0.2, -0.15) is 0 Å². The van der Waals surface area contributed by atoms with Gasteiger partial charge in [0.1, 0.15) is 6.04 Å². The van der Waals surface area contributed by atoms with Gasteiger partial charge < -0.3 is 15.4 Å². The summed E-state index contributed by atoms with van der Waals surface area (Å²) in [5, 5.41) is 11.9. The zero-order valence-corrected chi connectivity index (χ0v) is 10.8. The number of hydrogen-bond donors (Lipinski definition) is 3. The molecule has 1 heterocycles. The Hall–Kier alpha value is -2.63. The molecule has 1 aromatic carbocycles. The predicted octanol–water partition coefficient (Wildman–Crippen LogP) is 1.12. The van der Waals surface area contributed by atoms with E-state index in [-0.39, 0.29) is 12.0 Å². The van der Waals surface area contributed by atoms with E-state index in [1.807, 2.05) is 0 Å². The van der Waals surface area contributed by atoms with Crippen LogP contribution in [0.5, 0.6) is 0 Å². The first-order valence-corrected chi connectivity index (χ1v) is 6.18. The second kappa shape index (κ2) is 5.56. The number of aromatic amines is 1. The summed E-state index contributed by atoms with van der Waals surface area (Å²) in [4.78, 5) is 37.3. The van der Waals surface area contributed by atoms with Crippen molar-refractivity contribution in [3.05, 3.63) is 46.2 Å². The van der Waals surface area contributed by atoms with E-state index in [1.165, 1.54) is 6.07 Å². The van der Waals surface area contributed by atoms with Gasteiger partial charge in [-0.25, -0.2) is 4.79 Å². The predicted molar refractivity (Wildman–Crippen MR) is 73.7 cm³/mol. The largest absolute Gasteiger partial charge is 0.480 e. The minimum atomic E-state index is -1.10. The average molecular weight is 274 g/mol. The van der Waals surface area contributed by atoms with Crippen molar-refractivity contribution in [2.45, 2.75) is 19.4 Å². The number of carbonyl (C=O) groups is 2. The third-order valence-corrected chi connectivity index (χ3v) is 3.01. The van der Waals surface area contributed by atoms with Gasteiger partial charge in [-0.05, 0) is 12.5 Å². The van der Waals surface area contributed by atoms with Crippen molar-refractivity contribution < 1.29 is 14.7 Å². The third-order valence-electron chi connectivity index (χ3n) is 3.01. The number of rotatable bonds is 4. The summed E-state index contributed by atoms with van der Waals surface area (Å²) in [6.45, 7) is 1.66. The summed E-state index contributed by atoms with van der Waals surface area (Å²) < 4.78 is 0. The van der Waals surface area contributed by atoms with Crippen LogP contribution in [-0.4, -0.2) is 28.0 Å². The van der Waals surface area contributed by atoms with Gasteiger partial charge in [-0.15, -0.1) is 0 Å². The van der Waals surface area contributed by atoms with E-state index in [0.29, 0.717) is 10.9 Å². The van der Waals surface area contributed by atoms with Crippen LogP contribution in [0.15, 0.2) is 35.1 Å². The first-order valence-electron chi connectivity index (χ1n) is 6.18. The van der Waals surface area contributed by atoms with E-state index in [0.717, 1.165) is 0 Å². The maximum absolute atomic E-state index is 12.2. The molecule has 1 aromatic heterocycles. The molecule has 0 spiro atoms. The SMILES string of the molecule is CC[C@@H](NC(=O)c1cc(=O)[nH]c2ccccc12)C(=O)O. The lowest BCUT2D eigenvalue weighted by Gasteiger charge is -2.13. The number of carboxylic acid groups (broad SMARTS) is 1. The number of aromatic nitrogens is 1. The Morgan fingerprint density at radius 3 is 2.70 bits per heavy atom. The molecule has 0 aliphatic heterocycles. The van der Waals surface area contributed by atoms with Gasteiger partial charge >= 0.3 is 5.97 Å². The van der Waals surface area contributed by atoms with Gasteiger partial charge in [0.2, 0.25) is 5.56 Å². The quantitative estimate of drug-likeness (QED) is 0.778. The highest BCUT2D eigenvalue weighted by Gasteiger charge is 2.20. The first kappa shape index (κ1) is 13.8. The number of hydrogen-bond acceptors (Lipinski definition) is 3. The first-order chi connectivity index (χ1) is 9.52. The summed E-state index contributed by atoms with van der Waals surface area (Å²) in [6, 6.07) is 7.06. The van der Waals surface area contributed by atoms with Crippen LogP contribution >= 0.6 is 0 Å². The number of carboxylic acids is 1. The normalized spacial score (nSPS) is 12.1. The lowest BCUT2D eigenvalue weighted by atomic mass is 10.1. The number of amides is 1. The molecule has 0 bridgehead atoms. The number of benzene rings is 1. The van der Waals surface area contributed by atoms with Crippen LogP contribution < -0.4 is 10.9 Å². The van der Waals surface area contributed by atoms with E-state index in [2.05, 4.69) is 10.3 Å². The molecule has 6 nitrogen and oxygen atoms in total.